The highest BCUT2D eigenvalue weighted by atomic mass is 35.5. The van der Waals surface area contributed by atoms with Gasteiger partial charge in [-0.3, -0.25) is 0 Å². The van der Waals surface area contributed by atoms with Crippen molar-refractivity contribution in [1.29, 1.82) is 0 Å². The van der Waals surface area contributed by atoms with Gasteiger partial charge in [0.05, 0.1) is 35.4 Å². The van der Waals surface area contributed by atoms with Gasteiger partial charge in [0.2, 0.25) is 0 Å². The maximum Gasteiger partial charge on any atom is 0.107 e. The highest BCUT2D eigenvalue weighted by Gasteiger charge is 2.35. The van der Waals surface area contributed by atoms with E-state index in [0.717, 1.165) is 40.0 Å². The smallest absolute Gasteiger partial charge is 0.107 e. The van der Waals surface area contributed by atoms with Gasteiger partial charge in [0.1, 0.15) is 11.9 Å². The number of hydrogen-bond donors (Lipinski definition) is 3. The van der Waals surface area contributed by atoms with Crippen molar-refractivity contribution in [3.8, 4) is 22.3 Å². The summed E-state index contributed by atoms with van der Waals surface area (Å²) in [6, 6.07) is 22.6. The third-order valence-electron chi connectivity index (χ3n) is 6.24. The Bertz CT molecular complexity index is 1210. The Morgan fingerprint density at radius 3 is 2.44 bits per heavy atom. The number of fused-ring (bicyclic) bond motifs is 1. The Morgan fingerprint density at radius 2 is 1.72 bits per heavy atom. The maximum atomic E-state index is 10.2. The molecule has 0 amide bonds. The Balaban J connectivity index is 1.35. The van der Waals surface area contributed by atoms with Gasteiger partial charge in [-0.1, -0.05) is 66.2 Å². The summed E-state index contributed by atoms with van der Waals surface area (Å²) in [5.41, 5.74) is 6.09. The number of nitrogens with zero attached hydrogens (tertiary/aromatic N) is 1. The highest BCUT2D eigenvalue weighted by Crippen LogP contribution is 2.33. The fourth-order valence-corrected chi connectivity index (χ4v) is 4.65. The van der Waals surface area contributed by atoms with Gasteiger partial charge in [-0.2, -0.15) is 0 Å². The zero-order valence-electron chi connectivity index (χ0n) is 17.5. The lowest BCUT2D eigenvalue weighted by Gasteiger charge is -2.14. The minimum absolute atomic E-state index is 0.00244. The minimum Gasteiger partial charge on any atom is -0.394 e. The van der Waals surface area contributed by atoms with E-state index in [0.29, 0.717) is 18.1 Å². The Kier molecular flexibility index (Phi) is 5.98. The average molecular weight is 449 g/mol. The van der Waals surface area contributed by atoms with Crippen molar-refractivity contribution in [2.75, 3.05) is 13.2 Å². The van der Waals surface area contributed by atoms with Crippen LogP contribution in [0.4, 0.5) is 0 Å². The van der Waals surface area contributed by atoms with Crippen molar-refractivity contribution < 1.29 is 14.9 Å². The van der Waals surface area contributed by atoms with Crippen LogP contribution in [-0.2, 0) is 11.2 Å². The van der Waals surface area contributed by atoms with Crippen LogP contribution in [0.5, 0.6) is 0 Å². The molecule has 164 valence electrons. The predicted molar refractivity (Wildman–Crippen MR) is 127 cm³/mol. The standard InChI is InChI=1S/C26H25ClN2O3/c27-21-13-23-22(28-25(29-23)11-10-19-15-32-24(14-30)26(19)31)12-20(21)18-8-6-17(7-9-18)16-4-2-1-3-5-16/h1-9,12-13,19,24,26,30-31H,10-11,14-15H2,(H,28,29)/t19-,24-,26+/m1/s1. The normalized spacial score (nSPS) is 20.8. The van der Waals surface area contributed by atoms with Crippen molar-refractivity contribution >= 4 is 22.6 Å². The molecule has 0 spiro atoms. The molecule has 0 bridgehead atoms. The van der Waals surface area contributed by atoms with E-state index >= 15 is 0 Å². The van der Waals surface area contributed by atoms with Crippen LogP contribution in [0.25, 0.3) is 33.3 Å². The molecule has 3 atom stereocenters. The quantitative estimate of drug-likeness (QED) is 0.394. The molecule has 1 fully saturated rings. The Labute approximate surface area is 191 Å². The molecule has 3 aromatic carbocycles. The number of nitrogens with one attached hydrogen (secondary N) is 1. The van der Waals surface area contributed by atoms with Gasteiger partial charge in [0, 0.05) is 17.9 Å². The molecule has 0 aliphatic carbocycles. The number of H-pyrrole nitrogens is 1. The van der Waals surface area contributed by atoms with Crippen molar-refractivity contribution in [2.24, 2.45) is 5.92 Å². The molecule has 1 aliphatic rings. The van der Waals surface area contributed by atoms with E-state index in [1.54, 1.807) is 0 Å². The van der Waals surface area contributed by atoms with Crippen LogP contribution in [0.3, 0.4) is 0 Å². The van der Waals surface area contributed by atoms with Crippen LogP contribution in [-0.4, -0.2) is 45.6 Å². The second-order valence-electron chi connectivity index (χ2n) is 8.32. The van der Waals surface area contributed by atoms with Crippen LogP contribution in [0.15, 0.2) is 66.7 Å². The Morgan fingerprint density at radius 1 is 1.00 bits per heavy atom. The lowest BCUT2D eigenvalue weighted by molar-refractivity contribution is 0.00141. The SMILES string of the molecule is OC[C@H]1OC[C@@H](CCc2nc3cc(-c4ccc(-c5ccccc5)cc4)c(Cl)cc3[nH]2)[C@@H]1O. The molecule has 6 heteroatoms. The average Bonchev–Trinajstić information content (AvgIpc) is 3.39. The largest absolute Gasteiger partial charge is 0.394 e. The fraction of sp³-hybridized carbons (Fsp3) is 0.269. The van der Waals surface area contributed by atoms with Crippen molar-refractivity contribution in [3.05, 3.63) is 77.6 Å². The third kappa shape index (κ3) is 4.17. The van der Waals surface area contributed by atoms with E-state index in [-0.39, 0.29) is 12.5 Å². The van der Waals surface area contributed by atoms with Crippen molar-refractivity contribution in [3.63, 3.8) is 0 Å². The van der Waals surface area contributed by atoms with E-state index < -0.39 is 12.2 Å². The molecule has 5 nitrogen and oxygen atoms in total. The van der Waals surface area contributed by atoms with Gasteiger partial charge in [-0.25, -0.2) is 4.98 Å². The summed E-state index contributed by atoms with van der Waals surface area (Å²) < 4.78 is 5.44. The second kappa shape index (κ2) is 9.04. The van der Waals surface area contributed by atoms with Crippen LogP contribution in [0, 0.1) is 5.92 Å². The topological polar surface area (TPSA) is 78.4 Å². The fourth-order valence-electron chi connectivity index (χ4n) is 4.38. The number of rotatable bonds is 6. The lowest BCUT2D eigenvalue weighted by atomic mass is 9.97. The molecule has 3 N–H and O–H groups in total. The predicted octanol–water partition coefficient (Wildman–Crippen LogP) is 4.85. The van der Waals surface area contributed by atoms with Gasteiger partial charge < -0.3 is 19.9 Å². The maximum absolute atomic E-state index is 10.2. The molecule has 5 rings (SSSR count). The van der Waals surface area contributed by atoms with E-state index in [1.165, 1.54) is 5.56 Å². The monoisotopic (exact) mass is 448 g/mol. The lowest BCUT2D eigenvalue weighted by Crippen LogP contribution is -2.29. The first-order valence-corrected chi connectivity index (χ1v) is 11.2. The van der Waals surface area contributed by atoms with Gasteiger partial charge in [-0.05, 0) is 35.2 Å². The zero-order chi connectivity index (χ0) is 22.1. The molecule has 1 aromatic heterocycles. The number of hydrogen-bond acceptors (Lipinski definition) is 4. The first kappa shape index (κ1) is 21.2. The number of aliphatic hydroxyl groups is 2. The summed E-state index contributed by atoms with van der Waals surface area (Å²) in [6.45, 7) is 0.303. The van der Waals surface area contributed by atoms with E-state index in [9.17, 15) is 10.2 Å². The minimum atomic E-state index is -0.635. The zero-order valence-corrected chi connectivity index (χ0v) is 18.3. The van der Waals surface area contributed by atoms with Gasteiger partial charge in [0.15, 0.2) is 0 Å². The Hall–Kier alpha value is -2.70. The molecule has 4 aromatic rings. The van der Waals surface area contributed by atoms with Gasteiger partial charge >= 0.3 is 0 Å². The molecule has 0 saturated carbocycles. The van der Waals surface area contributed by atoms with Crippen LogP contribution >= 0.6 is 11.6 Å². The van der Waals surface area contributed by atoms with E-state index in [2.05, 4.69) is 41.4 Å². The number of imidazole rings is 1. The van der Waals surface area contributed by atoms with Gasteiger partial charge in [0.25, 0.3) is 0 Å². The summed E-state index contributed by atoms with van der Waals surface area (Å²) in [7, 11) is 0. The van der Waals surface area contributed by atoms with Crippen molar-refractivity contribution in [2.45, 2.75) is 25.0 Å². The number of halogens is 1. The van der Waals surface area contributed by atoms with Crippen LogP contribution in [0.1, 0.15) is 12.2 Å². The summed E-state index contributed by atoms with van der Waals surface area (Å²) in [6.07, 6.45) is 0.310. The van der Waals surface area contributed by atoms with Crippen molar-refractivity contribution in [1.82, 2.24) is 9.97 Å². The number of aromatic amines is 1. The third-order valence-corrected chi connectivity index (χ3v) is 6.56. The summed E-state index contributed by atoms with van der Waals surface area (Å²) in [5.74, 6) is 0.856. The summed E-state index contributed by atoms with van der Waals surface area (Å²) >= 11 is 6.61. The molecule has 32 heavy (non-hydrogen) atoms. The number of benzene rings is 3. The number of ether oxygens (including phenoxy) is 1. The number of aryl methyl sites for hydroxylation is 1. The first-order valence-electron chi connectivity index (χ1n) is 10.9. The number of aliphatic hydroxyl groups excluding tert-OH is 2. The van der Waals surface area contributed by atoms with Gasteiger partial charge in [-0.15, -0.1) is 0 Å². The molecule has 1 aliphatic heterocycles. The van der Waals surface area contributed by atoms with Crippen LogP contribution in [0.2, 0.25) is 5.02 Å². The van der Waals surface area contributed by atoms with Crippen LogP contribution < -0.4 is 0 Å². The molecule has 0 unspecified atom stereocenters. The first-order chi connectivity index (χ1) is 15.6. The van der Waals surface area contributed by atoms with E-state index in [4.69, 9.17) is 21.3 Å². The summed E-state index contributed by atoms with van der Waals surface area (Å²) in [4.78, 5) is 8.09. The molecule has 1 saturated heterocycles. The molecule has 0 radical (unpaired) electrons. The molecular formula is C26H25ClN2O3. The molecule has 2 heterocycles. The molecular weight excluding hydrogens is 424 g/mol. The second-order valence-corrected chi connectivity index (χ2v) is 8.73. The van der Waals surface area contributed by atoms with E-state index in [1.807, 2.05) is 30.3 Å². The summed E-state index contributed by atoms with van der Waals surface area (Å²) in [5, 5.41) is 20.1. The number of aromatic nitrogens is 2. The highest BCUT2D eigenvalue weighted by molar-refractivity contribution is 6.34.